The van der Waals surface area contributed by atoms with E-state index in [0.717, 1.165) is 4.88 Å². The molecule has 2 heterocycles. The maximum absolute atomic E-state index is 11.5. The molecule has 1 amide bonds. The molecule has 0 aliphatic carbocycles. The molecule has 0 unspecified atom stereocenters. The van der Waals surface area contributed by atoms with Crippen LogP contribution >= 0.6 is 11.3 Å². The molecular weight excluding hydrogens is 210 g/mol. The third-order valence-corrected chi connectivity index (χ3v) is 2.98. The molecule has 2 aromatic heterocycles. The second-order valence-corrected chi connectivity index (χ2v) is 4.55. The first-order valence-corrected chi connectivity index (χ1v) is 5.39. The molecule has 15 heavy (non-hydrogen) atoms. The fraction of sp³-hybridized carbons (Fsp3) is 0.200. The topological polar surface area (TPSA) is 57.8 Å². The van der Waals surface area contributed by atoms with Crippen LogP contribution in [0, 0.1) is 6.92 Å². The summed E-state index contributed by atoms with van der Waals surface area (Å²) in [7, 11) is 0. The highest BCUT2D eigenvalue weighted by Crippen LogP contribution is 2.14. The Hall–Kier alpha value is -1.62. The van der Waals surface area contributed by atoms with E-state index in [2.05, 4.69) is 15.5 Å². The highest BCUT2D eigenvalue weighted by molar-refractivity contribution is 7.11. The summed E-state index contributed by atoms with van der Waals surface area (Å²) < 4.78 is 0. The van der Waals surface area contributed by atoms with Gasteiger partial charge in [-0.05, 0) is 19.1 Å². The summed E-state index contributed by atoms with van der Waals surface area (Å²) in [6.45, 7) is 2.62. The number of amides is 1. The van der Waals surface area contributed by atoms with Gasteiger partial charge in [-0.2, -0.15) is 5.10 Å². The molecule has 0 atom stereocenters. The maximum Gasteiger partial charge on any atom is 0.254 e. The number of aromatic amines is 1. The largest absolute Gasteiger partial charge is 0.347 e. The van der Waals surface area contributed by atoms with E-state index >= 15 is 0 Å². The summed E-state index contributed by atoms with van der Waals surface area (Å²) in [6, 6.07) is 4.07. The van der Waals surface area contributed by atoms with Gasteiger partial charge in [0, 0.05) is 16.0 Å². The van der Waals surface area contributed by atoms with Crippen LogP contribution in [-0.4, -0.2) is 16.1 Å². The van der Waals surface area contributed by atoms with Gasteiger partial charge >= 0.3 is 0 Å². The molecular formula is C10H11N3OS. The molecule has 0 aliphatic heterocycles. The molecule has 0 fully saturated rings. The molecule has 78 valence electrons. The Balaban J connectivity index is 1.91. The number of thiophene rings is 1. The summed E-state index contributed by atoms with van der Waals surface area (Å²) in [6.07, 6.45) is 3.09. The Kier molecular flexibility index (Phi) is 2.82. The molecule has 5 heteroatoms. The molecule has 2 aromatic rings. The van der Waals surface area contributed by atoms with Gasteiger partial charge in [0.1, 0.15) is 0 Å². The number of nitrogens with zero attached hydrogens (tertiary/aromatic N) is 1. The highest BCUT2D eigenvalue weighted by atomic mass is 32.1. The summed E-state index contributed by atoms with van der Waals surface area (Å²) >= 11 is 1.69. The second kappa shape index (κ2) is 4.27. The fourth-order valence-electron chi connectivity index (χ4n) is 1.22. The van der Waals surface area contributed by atoms with Crippen molar-refractivity contribution in [2.24, 2.45) is 0 Å². The van der Waals surface area contributed by atoms with E-state index in [1.54, 1.807) is 17.5 Å². The van der Waals surface area contributed by atoms with Gasteiger partial charge < -0.3 is 5.32 Å². The molecule has 0 spiro atoms. The van der Waals surface area contributed by atoms with E-state index in [9.17, 15) is 4.79 Å². The number of aryl methyl sites for hydroxylation is 1. The molecule has 2 rings (SSSR count). The Morgan fingerprint density at radius 1 is 1.60 bits per heavy atom. The van der Waals surface area contributed by atoms with Crippen LogP contribution in [0.2, 0.25) is 0 Å². The van der Waals surface area contributed by atoms with E-state index in [0.29, 0.717) is 12.1 Å². The van der Waals surface area contributed by atoms with Crippen molar-refractivity contribution in [3.05, 3.63) is 39.8 Å². The summed E-state index contributed by atoms with van der Waals surface area (Å²) in [5.41, 5.74) is 0.559. The van der Waals surface area contributed by atoms with Crippen molar-refractivity contribution in [3.63, 3.8) is 0 Å². The summed E-state index contributed by atoms with van der Waals surface area (Å²) in [4.78, 5) is 13.9. The monoisotopic (exact) mass is 221 g/mol. The quantitative estimate of drug-likeness (QED) is 0.829. The van der Waals surface area contributed by atoms with Crippen molar-refractivity contribution in [2.75, 3.05) is 0 Å². The van der Waals surface area contributed by atoms with Gasteiger partial charge in [-0.1, -0.05) is 0 Å². The molecule has 0 saturated carbocycles. The number of carbonyl (C=O) groups excluding carboxylic acids is 1. The lowest BCUT2D eigenvalue weighted by Crippen LogP contribution is -2.21. The highest BCUT2D eigenvalue weighted by Gasteiger charge is 2.06. The summed E-state index contributed by atoms with van der Waals surface area (Å²) in [5.74, 6) is -0.102. The Morgan fingerprint density at radius 2 is 2.47 bits per heavy atom. The van der Waals surface area contributed by atoms with Gasteiger partial charge in [-0.25, -0.2) is 0 Å². The lowest BCUT2D eigenvalue weighted by molar-refractivity contribution is 0.0951. The van der Waals surface area contributed by atoms with E-state index in [4.69, 9.17) is 0 Å². The second-order valence-electron chi connectivity index (χ2n) is 3.18. The number of H-pyrrole nitrogens is 1. The first kappa shape index (κ1) is 9.92. The SMILES string of the molecule is Cc1ccc(CNC(=O)c2cn[nH]c2)s1. The van der Waals surface area contributed by atoms with Crippen LogP contribution in [0.4, 0.5) is 0 Å². The Morgan fingerprint density at radius 3 is 3.07 bits per heavy atom. The lowest BCUT2D eigenvalue weighted by atomic mass is 10.3. The van der Waals surface area contributed by atoms with Crippen molar-refractivity contribution in [1.82, 2.24) is 15.5 Å². The van der Waals surface area contributed by atoms with Gasteiger partial charge in [-0.15, -0.1) is 11.3 Å². The Bertz CT molecular complexity index is 447. The van der Waals surface area contributed by atoms with Crippen LogP contribution < -0.4 is 5.32 Å². The van der Waals surface area contributed by atoms with Crippen molar-refractivity contribution < 1.29 is 4.79 Å². The molecule has 0 aliphatic rings. The van der Waals surface area contributed by atoms with Gasteiger partial charge in [-0.3, -0.25) is 9.89 Å². The smallest absolute Gasteiger partial charge is 0.254 e. The predicted molar refractivity (Wildman–Crippen MR) is 58.8 cm³/mol. The molecule has 0 aromatic carbocycles. The average molecular weight is 221 g/mol. The zero-order valence-corrected chi connectivity index (χ0v) is 9.10. The van der Waals surface area contributed by atoms with Gasteiger partial charge in [0.2, 0.25) is 0 Å². The first-order chi connectivity index (χ1) is 7.25. The minimum Gasteiger partial charge on any atom is -0.347 e. The van der Waals surface area contributed by atoms with Crippen molar-refractivity contribution in [3.8, 4) is 0 Å². The van der Waals surface area contributed by atoms with Crippen molar-refractivity contribution >= 4 is 17.2 Å². The van der Waals surface area contributed by atoms with Crippen molar-refractivity contribution in [2.45, 2.75) is 13.5 Å². The van der Waals surface area contributed by atoms with Gasteiger partial charge in [0.15, 0.2) is 0 Å². The van der Waals surface area contributed by atoms with Crippen LogP contribution in [0.5, 0.6) is 0 Å². The standard InChI is InChI=1S/C10H11N3OS/c1-7-2-3-9(15-7)6-11-10(14)8-4-12-13-5-8/h2-5H,6H2,1H3,(H,11,14)(H,12,13). The maximum atomic E-state index is 11.5. The average Bonchev–Trinajstić information content (AvgIpc) is 2.84. The van der Waals surface area contributed by atoms with Crippen LogP contribution in [0.3, 0.4) is 0 Å². The lowest BCUT2D eigenvalue weighted by Gasteiger charge is -2.00. The molecule has 0 bridgehead atoms. The minimum atomic E-state index is -0.102. The Labute approximate surface area is 91.3 Å². The third-order valence-electron chi connectivity index (χ3n) is 1.98. The minimum absolute atomic E-state index is 0.102. The summed E-state index contributed by atoms with van der Waals surface area (Å²) in [5, 5.41) is 9.15. The normalized spacial score (nSPS) is 10.2. The van der Waals surface area contributed by atoms with E-state index < -0.39 is 0 Å². The fourth-order valence-corrected chi connectivity index (χ4v) is 2.05. The zero-order chi connectivity index (χ0) is 10.7. The van der Waals surface area contributed by atoms with Gasteiger partial charge in [0.25, 0.3) is 5.91 Å². The van der Waals surface area contributed by atoms with Gasteiger partial charge in [0.05, 0.1) is 18.3 Å². The molecule has 0 radical (unpaired) electrons. The van der Waals surface area contributed by atoms with E-state index in [-0.39, 0.29) is 5.91 Å². The number of aromatic nitrogens is 2. The molecule has 0 saturated heterocycles. The number of nitrogens with one attached hydrogen (secondary N) is 2. The molecule has 4 nitrogen and oxygen atoms in total. The molecule has 2 N–H and O–H groups in total. The number of hydrogen-bond acceptors (Lipinski definition) is 3. The predicted octanol–water partition coefficient (Wildman–Crippen LogP) is 1.71. The van der Waals surface area contributed by atoms with Crippen LogP contribution in [-0.2, 0) is 6.54 Å². The third kappa shape index (κ3) is 2.44. The van der Waals surface area contributed by atoms with Crippen LogP contribution in [0.25, 0.3) is 0 Å². The number of hydrogen-bond donors (Lipinski definition) is 2. The van der Waals surface area contributed by atoms with E-state index in [1.807, 2.05) is 19.1 Å². The first-order valence-electron chi connectivity index (χ1n) is 4.58. The number of rotatable bonds is 3. The van der Waals surface area contributed by atoms with Crippen molar-refractivity contribution in [1.29, 1.82) is 0 Å². The number of carbonyl (C=O) groups is 1. The van der Waals surface area contributed by atoms with Crippen LogP contribution in [0.15, 0.2) is 24.5 Å². The van der Waals surface area contributed by atoms with E-state index in [1.165, 1.54) is 11.1 Å². The van der Waals surface area contributed by atoms with Crippen LogP contribution in [0.1, 0.15) is 20.1 Å². The zero-order valence-electron chi connectivity index (χ0n) is 8.28.